The first-order chi connectivity index (χ1) is 6.57. The molecule has 0 amide bonds. The van der Waals surface area contributed by atoms with Gasteiger partial charge in [0.2, 0.25) is 0 Å². The Morgan fingerprint density at radius 2 is 1.93 bits per heavy atom. The summed E-state index contributed by atoms with van der Waals surface area (Å²) in [5.41, 5.74) is 2.87. The summed E-state index contributed by atoms with van der Waals surface area (Å²) in [6.45, 7) is 4.42. The summed E-state index contributed by atoms with van der Waals surface area (Å²) >= 11 is 6.14. The molecule has 1 aromatic carbocycles. The van der Waals surface area contributed by atoms with Crippen LogP contribution in [0.3, 0.4) is 0 Å². The molecule has 0 aliphatic heterocycles. The van der Waals surface area contributed by atoms with Gasteiger partial charge in [0.1, 0.15) is 0 Å². The highest BCUT2D eigenvalue weighted by molar-refractivity contribution is 6.32. The summed E-state index contributed by atoms with van der Waals surface area (Å²) in [5.74, 6) is 0. The lowest BCUT2D eigenvalue weighted by Gasteiger charge is -2.16. The van der Waals surface area contributed by atoms with Crippen LogP contribution < -0.4 is 5.32 Å². The normalized spacial score (nSPS) is 12.9. The molecule has 2 nitrogen and oxygen atoms in total. The number of aliphatic hydroxyl groups excluding tert-OH is 1. The van der Waals surface area contributed by atoms with E-state index in [1.54, 1.807) is 0 Å². The van der Waals surface area contributed by atoms with E-state index >= 15 is 0 Å². The van der Waals surface area contributed by atoms with E-state index in [0.717, 1.165) is 16.7 Å². The molecule has 3 heteroatoms. The highest BCUT2D eigenvalue weighted by Gasteiger charge is 2.14. The molecule has 0 aliphatic carbocycles. The first kappa shape index (κ1) is 11.5. The molecule has 1 unspecified atom stereocenters. The van der Waals surface area contributed by atoms with E-state index in [1.165, 1.54) is 0 Å². The number of hydrogen-bond donors (Lipinski definition) is 2. The van der Waals surface area contributed by atoms with Gasteiger partial charge in [-0.25, -0.2) is 0 Å². The molecule has 0 bridgehead atoms. The van der Waals surface area contributed by atoms with Gasteiger partial charge < -0.3 is 10.4 Å². The summed E-state index contributed by atoms with van der Waals surface area (Å²) in [6, 6.07) is 3.95. The molecular formula is C11H16ClNO. The standard InChI is InChI=1S/C11H16ClNO/c1-7-4-5-8(2)11(12)10(7)9(14)6-13-3/h4-5,9,13-14H,6H2,1-3H3. The predicted octanol–water partition coefficient (Wildman–Crippen LogP) is 2.21. The fourth-order valence-electron chi connectivity index (χ4n) is 1.50. The average Bonchev–Trinajstić information content (AvgIpc) is 2.13. The van der Waals surface area contributed by atoms with Crippen molar-refractivity contribution >= 4 is 11.6 Å². The van der Waals surface area contributed by atoms with Crippen molar-refractivity contribution in [3.63, 3.8) is 0 Å². The Morgan fingerprint density at radius 3 is 2.50 bits per heavy atom. The van der Waals surface area contributed by atoms with E-state index in [2.05, 4.69) is 5.32 Å². The molecule has 2 N–H and O–H groups in total. The fraction of sp³-hybridized carbons (Fsp3) is 0.455. The van der Waals surface area contributed by atoms with Crippen molar-refractivity contribution in [1.29, 1.82) is 0 Å². The predicted molar refractivity (Wildman–Crippen MR) is 59.8 cm³/mol. The third-order valence-corrected chi connectivity index (χ3v) is 2.82. The van der Waals surface area contributed by atoms with Gasteiger partial charge in [-0.15, -0.1) is 0 Å². The Kier molecular flexibility index (Phi) is 3.93. The van der Waals surface area contributed by atoms with Crippen LogP contribution in [-0.2, 0) is 0 Å². The van der Waals surface area contributed by atoms with Crippen LogP contribution in [-0.4, -0.2) is 18.7 Å². The van der Waals surface area contributed by atoms with E-state index in [4.69, 9.17) is 11.6 Å². The van der Waals surface area contributed by atoms with Crippen molar-refractivity contribution < 1.29 is 5.11 Å². The maximum atomic E-state index is 9.86. The van der Waals surface area contributed by atoms with Crippen LogP contribution in [0.4, 0.5) is 0 Å². The topological polar surface area (TPSA) is 32.3 Å². The smallest absolute Gasteiger partial charge is 0.0931 e. The third kappa shape index (κ3) is 2.27. The van der Waals surface area contributed by atoms with Crippen LogP contribution in [0.2, 0.25) is 5.02 Å². The van der Waals surface area contributed by atoms with Crippen molar-refractivity contribution in [2.75, 3.05) is 13.6 Å². The molecule has 0 aliphatic rings. The Hall–Kier alpha value is -0.570. The van der Waals surface area contributed by atoms with Crippen LogP contribution in [0.1, 0.15) is 22.8 Å². The lowest BCUT2D eigenvalue weighted by atomic mass is 10.0. The number of hydrogen-bond acceptors (Lipinski definition) is 2. The second-order valence-corrected chi connectivity index (χ2v) is 3.88. The molecule has 0 radical (unpaired) electrons. The van der Waals surface area contributed by atoms with Crippen LogP contribution in [0.25, 0.3) is 0 Å². The van der Waals surface area contributed by atoms with Gasteiger partial charge in [-0.05, 0) is 32.0 Å². The van der Waals surface area contributed by atoms with Gasteiger partial charge in [0.05, 0.1) is 6.10 Å². The minimum absolute atomic E-state index is 0.518. The van der Waals surface area contributed by atoms with Crippen molar-refractivity contribution in [3.8, 4) is 0 Å². The maximum Gasteiger partial charge on any atom is 0.0931 e. The van der Waals surface area contributed by atoms with Crippen molar-refractivity contribution in [1.82, 2.24) is 5.32 Å². The average molecular weight is 214 g/mol. The number of halogens is 1. The second-order valence-electron chi connectivity index (χ2n) is 3.50. The first-order valence-electron chi connectivity index (χ1n) is 4.66. The molecule has 0 spiro atoms. The highest BCUT2D eigenvalue weighted by Crippen LogP contribution is 2.28. The van der Waals surface area contributed by atoms with Gasteiger partial charge in [-0.1, -0.05) is 23.7 Å². The fourth-order valence-corrected chi connectivity index (χ4v) is 1.84. The zero-order valence-electron chi connectivity index (χ0n) is 8.76. The Balaban J connectivity index is 3.11. The van der Waals surface area contributed by atoms with Crippen molar-refractivity contribution in [2.45, 2.75) is 20.0 Å². The van der Waals surface area contributed by atoms with Gasteiger partial charge in [0.25, 0.3) is 0 Å². The number of aryl methyl sites for hydroxylation is 2. The van der Waals surface area contributed by atoms with Crippen LogP contribution in [0.5, 0.6) is 0 Å². The van der Waals surface area contributed by atoms with Gasteiger partial charge in [0, 0.05) is 17.1 Å². The van der Waals surface area contributed by atoms with Crippen LogP contribution in [0, 0.1) is 13.8 Å². The zero-order valence-corrected chi connectivity index (χ0v) is 9.52. The minimum atomic E-state index is -0.535. The molecule has 0 fully saturated rings. The third-order valence-electron chi connectivity index (χ3n) is 2.32. The second kappa shape index (κ2) is 4.78. The monoisotopic (exact) mass is 213 g/mol. The number of likely N-dealkylation sites (N-methyl/N-ethyl adjacent to an activating group) is 1. The number of benzene rings is 1. The Morgan fingerprint density at radius 1 is 1.36 bits per heavy atom. The lowest BCUT2D eigenvalue weighted by molar-refractivity contribution is 0.177. The molecule has 0 heterocycles. The maximum absolute atomic E-state index is 9.86. The highest BCUT2D eigenvalue weighted by atomic mass is 35.5. The van der Waals surface area contributed by atoms with E-state index < -0.39 is 6.10 Å². The minimum Gasteiger partial charge on any atom is -0.387 e. The van der Waals surface area contributed by atoms with Gasteiger partial charge in [-0.3, -0.25) is 0 Å². The summed E-state index contributed by atoms with van der Waals surface area (Å²) < 4.78 is 0. The molecule has 1 aromatic rings. The first-order valence-corrected chi connectivity index (χ1v) is 5.04. The van der Waals surface area contributed by atoms with E-state index in [1.807, 2.05) is 33.0 Å². The zero-order chi connectivity index (χ0) is 10.7. The van der Waals surface area contributed by atoms with Crippen LogP contribution in [0.15, 0.2) is 12.1 Å². The summed E-state index contributed by atoms with van der Waals surface area (Å²) in [7, 11) is 1.81. The molecule has 0 saturated carbocycles. The molecule has 1 atom stereocenters. The van der Waals surface area contributed by atoms with Crippen molar-refractivity contribution in [2.24, 2.45) is 0 Å². The molecular weight excluding hydrogens is 198 g/mol. The molecule has 14 heavy (non-hydrogen) atoms. The largest absolute Gasteiger partial charge is 0.387 e. The van der Waals surface area contributed by atoms with E-state index in [-0.39, 0.29) is 0 Å². The van der Waals surface area contributed by atoms with E-state index in [0.29, 0.717) is 11.6 Å². The summed E-state index contributed by atoms with van der Waals surface area (Å²) in [6.07, 6.45) is -0.535. The molecule has 1 rings (SSSR count). The molecule has 0 aromatic heterocycles. The lowest BCUT2D eigenvalue weighted by Crippen LogP contribution is -2.18. The Bertz CT molecular complexity index is 325. The number of rotatable bonds is 3. The number of nitrogens with one attached hydrogen (secondary N) is 1. The summed E-state index contributed by atoms with van der Waals surface area (Å²) in [4.78, 5) is 0. The Labute approximate surface area is 89.9 Å². The SMILES string of the molecule is CNCC(O)c1c(C)ccc(C)c1Cl. The van der Waals surface area contributed by atoms with E-state index in [9.17, 15) is 5.11 Å². The molecule has 78 valence electrons. The quantitative estimate of drug-likeness (QED) is 0.807. The number of aliphatic hydroxyl groups is 1. The van der Waals surface area contributed by atoms with Gasteiger partial charge >= 0.3 is 0 Å². The van der Waals surface area contributed by atoms with Gasteiger partial charge in [-0.2, -0.15) is 0 Å². The van der Waals surface area contributed by atoms with Crippen LogP contribution >= 0.6 is 11.6 Å². The molecule has 0 saturated heterocycles. The van der Waals surface area contributed by atoms with Crippen molar-refractivity contribution in [3.05, 3.63) is 33.8 Å². The summed E-state index contributed by atoms with van der Waals surface area (Å²) in [5, 5.41) is 13.5. The van der Waals surface area contributed by atoms with Gasteiger partial charge in [0.15, 0.2) is 0 Å².